The lowest BCUT2D eigenvalue weighted by molar-refractivity contribution is -0.0913. The van der Waals surface area contributed by atoms with Crippen molar-refractivity contribution in [3.63, 3.8) is 0 Å². The van der Waals surface area contributed by atoms with Crippen LogP contribution in [0.1, 0.15) is 56.1 Å². The molecule has 2 aliphatic carbocycles. The summed E-state index contributed by atoms with van der Waals surface area (Å²) in [5.41, 5.74) is 0.750. The van der Waals surface area contributed by atoms with Gasteiger partial charge in [0.15, 0.2) is 0 Å². The number of nitrogens with zero attached hydrogens (tertiary/aromatic N) is 1. The topological polar surface area (TPSA) is 44.0 Å². The number of fused-ring (bicyclic) bond motifs is 1. The normalized spacial score (nSPS) is 29.3. The van der Waals surface area contributed by atoms with Crippen LogP contribution in [0, 0.1) is 16.7 Å². The molecule has 0 amide bonds. The van der Waals surface area contributed by atoms with Crippen molar-refractivity contribution in [2.45, 2.75) is 57.0 Å². The van der Waals surface area contributed by atoms with E-state index in [-0.39, 0.29) is 0 Å². The van der Waals surface area contributed by atoms with Crippen LogP contribution < -0.4 is 0 Å². The fourth-order valence-electron chi connectivity index (χ4n) is 4.08. The lowest BCUT2D eigenvalue weighted by Crippen LogP contribution is -2.48. The van der Waals surface area contributed by atoms with Gasteiger partial charge in [-0.2, -0.15) is 5.26 Å². The van der Waals surface area contributed by atoms with Crippen LogP contribution in [0.5, 0.6) is 0 Å². The summed E-state index contributed by atoms with van der Waals surface area (Å²) in [6.07, 6.45) is 7.76. The van der Waals surface area contributed by atoms with E-state index < -0.39 is 11.0 Å². The standard InChI is InChI=1S/C17H21NO/c18-13-16(10-4-1-5-11-16)17(19)12-6-8-14-7-2-3-9-15(14)17/h2-3,7,9,19H,1,4-6,8,10-12H2. The minimum absolute atomic E-state index is 0.568. The second kappa shape index (κ2) is 4.65. The zero-order chi connectivity index (χ0) is 13.3. The lowest BCUT2D eigenvalue weighted by Gasteiger charge is -2.48. The van der Waals surface area contributed by atoms with Gasteiger partial charge in [0.1, 0.15) is 5.60 Å². The SMILES string of the molecule is N#CC1(C2(O)CCCc3ccccc32)CCCCC1. The summed E-state index contributed by atoms with van der Waals surface area (Å²) < 4.78 is 0. The van der Waals surface area contributed by atoms with Crippen molar-refractivity contribution < 1.29 is 5.11 Å². The predicted molar refractivity (Wildman–Crippen MR) is 74.4 cm³/mol. The molecular formula is C17H21NO. The monoisotopic (exact) mass is 255 g/mol. The smallest absolute Gasteiger partial charge is 0.108 e. The second-order valence-corrected chi connectivity index (χ2v) is 6.13. The van der Waals surface area contributed by atoms with E-state index in [9.17, 15) is 10.4 Å². The molecule has 0 heterocycles. The Morgan fingerprint density at radius 2 is 1.74 bits per heavy atom. The molecule has 1 saturated carbocycles. The fourth-order valence-corrected chi connectivity index (χ4v) is 4.08. The number of benzene rings is 1. The van der Waals surface area contributed by atoms with Crippen LogP contribution in [0.25, 0.3) is 0 Å². The molecule has 2 heteroatoms. The van der Waals surface area contributed by atoms with E-state index in [1.165, 1.54) is 12.0 Å². The van der Waals surface area contributed by atoms with E-state index in [0.717, 1.165) is 50.5 Å². The van der Waals surface area contributed by atoms with Crippen molar-refractivity contribution in [2.75, 3.05) is 0 Å². The molecule has 19 heavy (non-hydrogen) atoms. The summed E-state index contributed by atoms with van der Waals surface area (Å²) in [6.45, 7) is 0. The predicted octanol–water partition coefficient (Wildman–Crippen LogP) is 3.68. The molecule has 1 aromatic carbocycles. The van der Waals surface area contributed by atoms with Crippen molar-refractivity contribution >= 4 is 0 Å². The Balaban J connectivity index is 2.10. The van der Waals surface area contributed by atoms with Gasteiger partial charge in [0.05, 0.1) is 11.5 Å². The Kier molecular flexibility index (Phi) is 3.11. The minimum atomic E-state index is -0.934. The largest absolute Gasteiger partial charge is 0.383 e. The highest BCUT2D eigenvalue weighted by molar-refractivity contribution is 5.38. The van der Waals surface area contributed by atoms with E-state index >= 15 is 0 Å². The van der Waals surface area contributed by atoms with Crippen LogP contribution in [0.2, 0.25) is 0 Å². The number of aryl methyl sites for hydroxylation is 1. The third-order valence-electron chi connectivity index (χ3n) is 5.16. The quantitative estimate of drug-likeness (QED) is 0.831. The molecule has 0 aliphatic heterocycles. The van der Waals surface area contributed by atoms with Crippen molar-refractivity contribution in [1.82, 2.24) is 0 Å². The van der Waals surface area contributed by atoms with Crippen LogP contribution >= 0.6 is 0 Å². The first-order valence-electron chi connectivity index (χ1n) is 7.44. The zero-order valence-electron chi connectivity index (χ0n) is 11.4. The minimum Gasteiger partial charge on any atom is -0.383 e. The molecule has 0 radical (unpaired) electrons. The Labute approximate surface area is 115 Å². The lowest BCUT2D eigenvalue weighted by atomic mass is 9.58. The maximum atomic E-state index is 11.4. The Morgan fingerprint density at radius 3 is 2.47 bits per heavy atom. The van der Waals surface area contributed by atoms with Crippen molar-refractivity contribution in [2.24, 2.45) is 5.41 Å². The Hall–Kier alpha value is -1.33. The molecule has 1 atom stereocenters. The third kappa shape index (κ3) is 1.80. The maximum absolute atomic E-state index is 11.4. The third-order valence-corrected chi connectivity index (χ3v) is 5.16. The zero-order valence-corrected chi connectivity index (χ0v) is 11.4. The molecule has 1 unspecified atom stereocenters. The number of aliphatic hydroxyl groups is 1. The molecule has 0 bridgehead atoms. The van der Waals surface area contributed by atoms with E-state index in [1.54, 1.807) is 0 Å². The Bertz CT molecular complexity index is 510. The molecule has 1 N–H and O–H groups in total. The summed E-state index contributed by atoms with van der Waals surface area (Å²) in [5.74, 6) is 0. The number of hydrogen-bond acceptors (Lipinski definition) is 2. The summed E-state index contributed by atoms with van der Waals surface area (Å²) in [6, 6.07) is 10.7. The molecule has 100 valence electrons. The van der Waals surface area contributed by atoms with E-state index in [1.807, 2.05) is 18.2 Å². The average Bonchev–Trinajstić information content (AvgIpc) is 2.48. The number of rotatable bonds is 1. The molecule has 1 fully saturated rings. The van der Waals surface area contributed by atoms with Crippen LogP contribution in [0.15, 0.2) is 24.3 Å². The Morgan fingerprint density at radius 1 is 1.00 bits per heavy atom. The highest BCUT2D eigenvalue weighted by Gasteiger charge is 2.53. The first-order chi connectivity index (χ1) is 9.22. The van der Waals surface area contributed by atoms with Gasteiger partial charge in [-0.15, -0.1) is 0 Å². The molecule has 3 rings (SSSR count). The summed E-state index contributed by atoms with van der Waals surface area (Å²) in [5, 5.41) is 21.2. The molecule has 2 aliphatic rings. The van der Waals surface area contributed by atoms with Gasteiger partial charge in [-0.3, -0.25) is 0 Å². The summed E-state index contributed by atoms with van der Waals surface area (Å²) in [7, 11) is 0. The van der Waals surface area contributed by atoms with Crippen LogP contribution in [0.4, 0.5) is 0 Å². The van der Waals surface area contributed by atoms with Gasteiger partial charge in [-0.1, -0.05) is 43.5 Å². The van der Waals surface area contributed by atoms with Crippen molar-refractivity contribution in [1.29, 1.82) is 5.26 Å². The summed E-state index contributed by atoms with van der Waals surface area (Å²) >= 11 is 0. The van der Waals surface area contributed by atoms with Crippen LogP contribution in [-0.4, -0.2) is 5.11 Å². The van der Waals surface area contributed by atoms with Crippen molar-refractivity contribution in [3.05, 3.63) is 35.4 Å². The molecular weight excluding hydrogens is 234 g/mol. The highest BCUT2D eigenvalue weighted by atomic mass is 16.3. The van der Waals surface area contributed by atoms with E-state index in [2.05, 4.69) is 12.1 Å². The first kappa shape index (κ1) is 12.7. The molecule has 0 aromatic heterocycles. The van der Waals surface area contributed by atoms with Gasteiger partial charge in [-0.05, 0) is 43.2 Å². The van der Waals surface area contributed by atoms with Gasteiger partial charge in [0, 0.05) is 0 Å². The van der Waals surface area contributed by atoms with Crippen molar-refractivity contribution in [3.8, 4) is 6.07 Å². The number of hydrogen-bond donors (Lipinski definition) is 1. The molecule has 2 nitrogen and oxygen atoms in total. The maximum Gasteiger partial charge on any atom is 0.108 e. The van der Waals surface area contributed by atoms with Crippen LogP contribution in [0.3, 0.4) is 0 Å². The highest BCUT2D eigenvalue weighted by Crippen LogP contribution is 2.54. The van der Waals surface area contributed by atoms with Gasteiger partial charge < -0.3 is 5.11 Å². The van der Waals surface area contributed by atoms with E-state index in [0.29, 0.717) is 0 Å². The van der Waals surface area contributed by atoms with Gasteiger partial charge in [-0.25, -0.2) is 0 Å². The first-order valence-corrected chi connectivity index (χ1v) is 7.44. The molecule has 0 saturated heterocycles. The van der Waals surface area contributed by atoms with Gasteiger partial charge in [0.2, 0.25) is 0 Å². The second-order valence-electron chi connectivity index (χ2n) is 6.13. The summed E-state index contributed by atoms with van der Waals surface area (Å²) in [4.78, 5) is 0. The average molecular weight is 255 g/mol. The molecule has 0 spiro atoms. The molecule has 1 aromatic rings. The van der Waals surface area contributed by atoms with Crippen LogP contribution in [-0.2, 0) is 12.0 Å². The van der Waals surface area contributed by atoms with Gasteiger partial charge in [0.25, 0.3) is 0 Å². The fraction of sp³-hybridized carbons (Fsp3) is 0.588. The van der Waals surface area contributed by atoms with Gasteiger partial charge >= 0.3 is 0 Å². The van der Waals surface area contributed by atoms with E-state index in [4.69, 9.17) is 0 Å². The number of nitriles is 1.